The molecule has 2 aliphatic rings. The Kier molecular flexibility index (Phi) is 8.88. The molecular formula is C15H8BrCl3SZr. The quantitative estimate of drug-likeness (QED) is 0.334. The van der Waals surface area contributed by atoms with E-state index in [0.29, 0.717) is 5.25 Å². The Balaban J connectivity index is 0.000001000. The average Bonchev–Trinajstić information content (AvgIpc) is 2.84. The molecule has 1 atom stereocenters. The summed E-state index contributed by atoms with van der Waals surface area (Å²) in [4.78, 5) is 1.40. The van der Waals surface area contributed by atoms with Gasteiger partial charge in [-0.3, -0.25) is 0 Å². The van der Waals surface area contributed by atoms with E-state index < -0.39 is 0 Å². The normalized spacial score (nSPS) is 15.9. The monoisotopic (exact) mass is 494 g/mol. The number of hydrogen-bond donors (Lipinski definition) is 0. The number of benzene rings is 2. The molecule has 1 unspecified atom stereocenters. The zero-order valence-corrected chi connectivity index (χ0v) is 17.7. The van der Waals surface area contributed by atoms with Crippen LogP contribution in [0.5, 0.6) is 0 Å². The molecule has 0 bridgehead atoms. The van der Waals surface area contributed by atoms with Crippen LogP contribution in [0, 0.1) is 6.07 Å². The zero-order valence-electron chi connectivity index (χ0n) is 10.5. The Morgan fingerprint density at radius 3 is 2.48 bits per heavy atom. The second-order valence-corrected chi connectivity index (χ2v) is 6.27. The Hall–Kier alpha value is 0.763. The predicted molar refractivity (Wildman–Crippen MR) is 75.9 cm³/mol. The van der Waals surface area contributed by atoms with E-state index in [1.54, 1.807) is 0 Å². The molecule has 0 nitrogen and oxygen atoms in total. The van der Waals surface area contributed by atoms with Crippen molar-refractivity contribution in [3.8, 4) is 0 Å². The van der Waals surface area contributed by atoms with Gasteiger partial charge in [0.05, 0.1) is 0 Å². The molecular weight excluding hydrogens is 490 g/mol. The summed E-state index contributed by atoms with van der Waals surface area (Å²) in [6.07, 6.45) is 2.28. The molecule has 0 fully saturated rings. The van der Waals surface area contributed by atoms with E-state index in [1.807, 2.05) is 11.8 Å². The number of thioether (sulfide) groups is 1. The zero-order chi connectivity index (χ0) is 11.4. The molecule has 0 aromatic heterocycles. The van der Waals surface area contributed by atoms with Crippen molar-refractivity contribution in [3.63, 3.8) is 0 Å². The molecule has 1 aliphatic heterocycles. The van der Waals surface area contributed by atoms with Gasteiger partial charge in [0.2, 0.25) is 0 Å². The van der Waals surface area contributed by atoms with Crippen LogP contribution in [-0.2, 0) is 26.2 Å². The minimum Gasteiger partial charge on any atom is -1.00 e. The van der Waals surface area contributed by atoms with Crippen molar-refractivity contribution in [3.05, 3.63) is 63.6 Å². The van der Waals surface area contributed by atoms with Crippen molar-refractivity contribution < 1.29 is 63.4 Å². The van der Waals surface area contributed by atoms with Gasteiger partial charge in [0.25, 0.3) is 0 Å². The van der Waals surface area contributed by atoms with Crippen molar-refractivity contribution in [2.45, 2.75) is 10.1 Å². The van der Waals surface area contributed by atoms with Gasteiger partial charge in [-0.25, -0.2) is 0 Å². The summed E-state index contributed by atoms with van der Waals surface area (Å²) in [5, 5.41) is 0.478. The molecule has 6 heteroatoms. The number of halogens is 4. The van der Waals surface area contributed by atoms with Crippen LogP contribution in [-0.4, -0.2) is 0 Å². The van der Waals surface area contributed by atoms with Crippen molar-refractivity contribution in [2.24, 2.45) is 0 Å². The first kappa shape index (κ1) is 21.8. The van der Waals surface area contributed by atoms with E-state index in [2.05, 4.69) is 64.5 Å². The average molecular weight is 498 g/mol. The third kappa shape index (κ3) is 3.65. The fourth-order valence-electron chi connectivity index (χ4n) is 2.52. The first-order valence-corrected chi connectivity index (χ1v) is 7.19. The summed E-state index contributed by atoms with van der Waals surface area (Å²) in [6.45, 7) is 0. The van der Waals surface area contributed by atoms with E-state index >= 15 is 0 Å². The van der Waals surface area contributed by atoms with Crippen LogP contribution in [0.15, 0.2) is 45.8 Å². The van der Waals surface area contributed by atoms with Crippen molar-refractivity contribution in [1.82, 2.24) is 0 Å². The predicted octanol–water partition coefficient (Wildman–Crippen LogP) is -4.04. The number of rotatable bonds is 0. The fourth-order valence-corrected chi connectivity index (χ4v) is 4.25. The molecule has 0 spiro atoms. The van der Waals surface area contributed by atoms with Crippen LogP contribution < -0.4 is 37.2 Å². The van der Waals surface area contributed by atoms with Crippen LogP contribution >= 0.6 is 27.7 Å². The van der Waals surface area contributed by atoms with E-state index in [1.165, 1.54) is 27.2 Å². The van der Waals surface area contributed by atoms with Crippen LogP contribution in [0.1, 0.15) is 21.9 Å². The van der Waals surface area contributed by atoms with Gasteiger partial charge in [-0.1, -0.05) is 44.2 Å². The standard InChI is InChI=1S/C15H8BrS.3ClH.Zr/c16-10-5-6-11-9(7-10)8-13-12-3-1-2-4-14(12)17-15(11)13;;;;/h1-6,8,15H;3*1H;/q-1;;;;+4/p-3. The van der Waals surface area contributed by atoms with E-state index in [4.69, 9.17) is 0 Å². The van der Waals surface area contributed by atoms with Crippen LogP contribution in [0.4, 0.5) is 0 Å². The summed E-state index contributed by atoms with van der Waals surface area (Å²) in [5.41, 5.74) is 5.46. The van der Waals surface area contributed by atoms with Gasteiger partial charge in [0.1, 0.15) is 0 Å². The number of hydrogen-bond acceptors (Lipinski definition) is 1. The topological polar surface area (TPSA) is 0 Å². The van der Waals surface area contributed by atoms with E-state index in [-0.39, 0.29) is 63.4 Å². The Morgan fingerprint density at radius 2 is 1.71 bits per heavy atom. The minimum atomic E-state index is 0. The first-order chi connectivity index (χ1) is 8.33. The second-order valence-electron chi connectivity index (χ2n) is 4.27. The van der Waals surface area contributed by atoms with Crippen LogP contribution in [0.2, 0.25) is 0 Å². The van der Waals surface area contributed by atoms with Gasteiger partial charge in [-0.05, 0) is 11.6 Å². The number of fused-ring (bicyclic) bond motifs is 5. The summed E-state index contributed by atoms with van der Waals surface area (Å²) in [6, 6.07) is 16.3. The molecule has 106 valence electrons. The molecule has 0 radical (unpaired) electrons. The third-order valence-corrected chi connectivity index (χ3v) is 5.10. The van der Waals surface area contributed by atoms with Gasteiger partial charge in [-0.2, -0.15) is 0 Å². The van der Waals surface area contributed by atoms with Crippen molar-refractivity contribution >= 4 is 39.3 Å². The Bertz CT molecular complexity index is 676. The molecule has 0 saturated carbocycles. The van der Waals surface area contributed by atoms with E-state index in [0.717, 1.165) is 4.47 Å². The van der Waals surface area contributed by atoms with Gasteiger partial charge in [-0.15, -0.1) is 47.2 Å². The molecule has 4 rings (SSSR count). The maximum Gasteiger partial charge on any atom is 4.00 e. The van der Waals surface area contributed by atoms with Crippen LogP contribution in [0.3, 0.4) is 0 Å². The maximum atomic E-state index is 3.48. The smallest absolute Gasteiger partial charge is 1.00 e. The van der Waals surface area contributed by atoms with Crippen molar-refractivity contribution in [2.75, 3.05) is 0 Å². The van der Waals surface area contributed by atoms with Crippen LogP contribution in [0.25, 0.3) is 11.6 Å². The van der Waals surface area contributed by atoms with Gasteiger partial charge in [0, 0.05) is 10.1 Å². The van der Waals surface area contributed by atoms with Gasteiger partial charge >= 0.3 is 26.2 Å². The molecule has 2 aromatic carbocycles. The minimum absolute atomic E-state index is 0. The van der Waals surface area contributed by atoms with Gasteiger partial charge < -0.3 is 37.2 Å². The summed E-state index contributed by atoms with van der Waals surface area (Å²) < 4.78 is 1.03. The molecule has 2 aromatic rings. The molecule has 1 aliphatic carbocycles. The Morgan fingerprint density at radius 1 is 1.00 bits per heavy atom. The SMILES string of the molecule is Brc1[c-]c2c(cc1)C1Sc3ccccc3C1=C2.[Cl-].[Cl-].[Cl-].[Zr+4]. The van der Waals surface area contributed by atoms with Gasteiger partial charge in [0.15, 0.2) is 0 Å². The largest absolute Gasteiger partial charge is 4.00 e. The molecule has 0 saturated heterocycles. The third-order valence-electron chi connectivity index (χ3n) is 3.28. The fraction of sp³-hybridized carbons (Fsp3) is 0.0667. The second kappa shape index (κ2) is 8.57. The summed E-state index contributed by atoms with van der Waals surface area (Å²) in [5.74, 6) is 0. The summed E-state index contributed by atoms with van der Waals surface area (Å²) in [7, 11) is 0. The molecule has 0 N–H and O–H groups in total. The maximum absolute atomic E-state index is 3.48. The molecule has 0 amide bonds. The first-order valence-electron chi connectivity index (χ1n) is 5.52. The molecule has 1 heterocycles. The van der Waals surface area contributed by atoms with E-state index in [9.17, 15) is 0 Å². The molecule has 21 heavy (non-hydrogen) atoms. The Labute approximate surface area is 175 Å². The summed E-state index contributed by atoms with van der Waals surface area (Å²) >= 11 is 5.44. The van der Waals surface area contributed by atoms with Crippen molar-refractivity contribution in [1.29, 1.82) is 0 Å².